The van der Waals surface area contributed by atoms with Gasteiger partial charge >= 0.3 is 5.97 Å². The van der Waals surface area contributed by atoms with E-state index in [-0.39, 0.29) is 18.1 Å². The normalized spacial score (nSPS) is 10.6. The second-order valence-electron chi connectivity index (χ2n) is 5.63. The molecule has 2 aromatic carbocycles. The van der Waals surface area contributed by atoms with Gasteiger partial charge in [-0.1, -0.05) is 0 Å². The number of nitriles is 1. The van der Waals surface area contributed by atoms with Crippen molar-refractivity contribution in [1.29, 1.82) is 5.26 Å². The van der Waals surface area contributed by atoms with Crippen LogP contribution in [0.4, 0.5) is 0 Å². The molecule has 4 rings (SSSR count). The largest absolute Gasteiger partial charge is 0.482 e. The molecule has 0 fully saturated rings. The number of carbonyl (C=O) groups is 1. The van der Waals surface area contributed by atoms with Crippen LogP contribution in [-0.2, 0) is 6.61 Å². The van der Waals surface area contributed by atoms with Crippen LogP contribution in [0.3, 0.4) is 0 Å². The first-order valence-electron chi connectivity index (χ1n) is 7.94. The van der Waals surface area contributed by atoms with E-state index in [4.69, 9.17) is 14.3 Å². The smallest absolute Gasteiger partial charge is 0.335 e. The van der Waals surface area contributed by atoms with Crippen molar-refractivity contribution in [3.05, 3.63) is 71.9 Å². The maximum atomic E-state index is 11.0. The van der Waals surface area contributed by atoms with E-state index in [0.717, 1.165) is 5.69 Å². The average Bonchev–Trinajstić information content (AvgIpc) is 3.34. The molecule has 0 aliphatic heterocycles. The van der Waals surface area contributed by atoms with Crippen LogP contribution < -0.4 is 4.74 Å². The molecule has 0 aliphatic rings. The fourth-order valence-corrected chi connectivity index (χ4v) is 2.59. The van der Waals surface area contributed by atoms with E-state index in [2.05, 4.69) is 16.2 Å². The topological polar surface area (TPSA) is 114 Å². The van der Waals surface area contributed by atoms with Gasteiger partial charge in [0.2, 0.25) is 5.89 Å². The van der Waals surface area contributed by atoms with Gasteiger partial charge < -0.3 is 14.3 Å². The molecule has 2 heterocycles. The van der Waals surface area contributed by atoms with Gasteiger partial charge in [-0.25, -0.2) is 14.5 Å². The zero-order valence-electron chi connectivity index (χ0n) is 13.9. The van der Waals surface area contributed by atoms with Crippen molar-refractivity contribution in [2.24, 2.45) is 0 Å². The number of oxazole rings is 1. The minimum Gasteiger partial charge on any atom is -0.482 e. The SMILES string of the molecule is N#Cc1ccc(-n2cccn2)cc1OCc1nc2ccc(C(=O)O)cc2o1. The van der Waals surface area contributed by atoms with Crippen molar-refractivity contribution in [3.63, 3.8) is 0 Å². The van der Waals surface area contributed by atoms with E-state index in [9.17, 15) is 10.1 Å². The Labute approximate surface area is 152 Å². The Hall–Kier alpha value is -4.12. The molecule has 0 radical (unpaired) electrons. The third-order valence-corrected chi connectivity index (χ3v) is 3.89. The molecule has 4 aromatic rings. The van der Waals surface area contributed by atoms with E-state index >= 15 is 0 Å². The van der Waals surface area contributed by atoms with Crippen LogP contribution in [0.15, 0.2) is 59.3 Å². The lowest BCUT2D eigenvalue weighted by Gasteiger charge is -2.08. The molecule has 2 aromatic heterocycles. The van der Waals surface area contributed by atoms with Crippen LogP contribution in [0.25, 0.3) is 16.8 Å². The molecule has 8 nitrogen and oxygen atoms in total. The predicted molar refractivity (Wildman–Crippen MR) is 93.6 cm³/mol. The van der Waals surface area contributed by atoms with Crippen LogP contribution in [0, 0.1) is 11.3 Å². The summed E-state index contributed by atoms with van der Waals surface area (Å²) >= 11 is 0. The Morgan fingerprint density at radius 1 is 1.30 bits per heavy atom. The molecule has 0 atom stereocenters. The quantitative estimate of drug-likeness (QED) is 0.581. The second kappa shape index (κ2) is 6.65. The minimum absolute atomic E-state index is 0.00563. The number of ether oxygens (including phenoxy) is 1. The average molecular weight is 360 g/mol. The molecule has 0 spiro atoms. The highest BCUT2D eigenvalue weighted by molar-refractivity contribution is 5.91. The van der Waals surface area contributed by atoms with Gasteiger partial charge in [0.15, 0.2) is 12.2 Å². The van der Waals surface area contributed by atoms with Gasteiger partial charge in [-0.05, 0) is 36.4 Å². The number of benzene rings is 2. The second-order valence-corrected chi connectivity index (χ2v) is 5.63. The number of nitrogens with zero attached hydrogens (tertiary/aromatic N) is 4. The molecule has 0 saturated carbocycles. The lowest BCUT2D eigenvalue weighted by Crippen LogP contribution is -2.00. The standard InChI is InChI=1S/C19H12N4O4/c20-10-13-2-4-14(23-7-1-6-21-23)9-16(13)26-11-18-22-15-5-3-12(19(24)25)8-17(15)27-18/h1-9H,11H2,(H,24,25). The first-order valence-corrected chi connectivity index (χ1v) is 7.94. The predicted octanol–water partition coefficient (Wildman–Crippen LogP) is 3.16. The Bertz CT molecular complexity index is 1170. The highest BCUT2D eigenvalue weighted by Gasteiger charge is 2.12. The van der Waals surface area contributed by atoms with Crippen molar-refractivity contribution >= 4 is 17.1 Å². The molecule has 0 bridgehead atoms. The summed E-state index contributed by atoms with van der Waals surface area (Å²) in [4.78, 5) is 15.3. The van der Waals surface area contributed by atoms with Crippen LogP contribution >= 0.6 is 0 Å². The van der Waals surface area contributed by atoms with Crippen molar-refractivity contribution < 1.29 is 19.1 Å². The molecular weight excluding hydrogens is 348 g/mol. The first kappa shape index (κ1) is 16.4. The number of fused-ring (bicyclic) bond motifs is 1. The van der Waals surface area contributed by atoms with Gasteiger partial charge in [-0.15, -0.1) is 0 Å². The highest BCUT2D eigenvalue weighted by Crippen LogP contribution is 2.24. The fraction of sp³-hybridized carbons (Fsp3) is 0.0526. The number of hydrogen-bond acceptors (Lipinski definition) is 6. The number of hydrogen-bond donors (Lipinski definition) is 1. The number of rotatable bonds is 5. The molecule has 132 valence electrons. The maximum absolute atomic E-state index is 11.0. The molecule has 0 amide bonds. The Balaban J connectivity index is 1.59. The summed E-state index contributed by atoms with van der Waals surface area (Å²) in [6, 6.07) is 13.4. The van der Waals surface area contributed by atoms with Crippen LogP contribution in [0.1, 0.15) is 21.8 Å². The van der Waals surface area contributed by atoms with Gasteiger partial charge in [-0.2, -0.15) is 10.4 Å². The Morgan fingerprint density at radius 3 is 2.93 bits per heavy atom. The van der Waals surface area contributed by atoms with E-state index < -0.39 is 5.97 Å². The zero-order chi connectivity index (χ0) is 18.8. The van der Waals surface area contributed by atoms with E-state index in [1.165, 1.54) is 12.1 Å². The summed E-state index contributed by atoms with van der Waals surface area (Å²) in [6.45, 7) is -0.00563. The molecule has 0 saturated heterocycles. The van der Waals surface area contributed by atoms with Gasteiger partial charge in [-0.3, -0.25) is 0 Å². The monoisotopic (exact) mass is 360 g/mol. The summed E-state index contributed by atoms with van der Waals surface area (Å²) in [5.41, 5.74) is 2.13. The van der Waals surface area contributed by atoms with Gasteiger partial charge in [0.05, 0.1) is 16.8 Å². The minimum atomic E-state index is -1.04. The van der Waals surface area contributed by atoms with Crippen LogP contribution in [0.2, 0.25) is 0 Å². The molecule has 0 aliphatic carbocycles. The number of aromatic nitrogens is 3. The van der Waals surface area contributed by atoms with E-state index in [1.54, 1.807) is 47.4 Å². The summed E-state index contributed by atoms with van der Waals surface area (Å²) in [5.74, 6) is -0.389. The number of carboxylic acid groups (broad SMARTS) is 1. The van der Waals surface area contributed by atoms with Crippen LogP contribution in [-0.4, -0.2) is 25.8 Å². The summed E-state index contributed by atoms with van der Waals surface area (Å²) < 4.78 is 12.9. The first-order chi connectivity index (χ1) is 13.1. The fourth-order valence-electron chi connectivity index (χ4n) is 2.59. The van der Waals surface area contributed by atoms with Gasteiger partial charge in [0.1, 0.15) is 17.3 Å². The van der Waals surface area contributed by atoms with E-state index in [0.29, 0.717) is 22.4 Å². The molecule has 8 heteroatoms. The molecular formula is C19H12N4O4. The van der Waals surface area contributed by atoms with Gasteiger partial charge in [0.25, 0.3) is 0 Å². The summed E-state index contributed by atoms with van der Waals surface area (Å²) in [6.07, 6.45) is 3.44. The van der Waals surface area contributed by atoms with Crippen molar-refractivity contribution in [2.45, 2.75) is 6.61 Å². The molecule has 0 unspecified atom stereocenters. The van der Waals surface area contributed by atoms with Crippen molar-refractivity contribution in [2.75, 3.05) is 0 Å². The highest BCUT2D eigenvalue weighted by atomic mass is 16.5. The summed E-state index contributed by atoms with van der Waals surface area (Å²) in [7, 11) is 0. The van der Waals surface area contributed by atoms with E-state index in [1.807, 2.05) is 0 Å². The molecule has 1 N–H and O–H groups in total. The third-order valence-electron chi connectivity index (χ3n) is 3.89. The molecule has 27 heavy (non-hydrogen) atoms. The summed E-state index contributed by atoms with van der Waals surface area (Å²) in [5, 5.41) is 22.5. The number of aromatic carboxylic acids is 1. The van der Waals surface area contributed by atoms with Crippen molar-refractivity contribution in [3.8, 4) is 17.5 Å². The van der Waals surface area contributed by atoms with Crippen LogP contribution in [0.5, 0.6) is 5.75 Å². The zero-order valence-corrected chi connectivity index (χ0v) is 13.9. The Kier molecular flexibility index (Phi) is 4.03. The van der Waals surface area contributed by atoms with Gasteiger partial charge in [0, 0.05) is 18.5 Å². The number of carboxylic acids is 1. The van der Waals surface area contributed by atoms with Crippen molar-refractivity contribution in [1.82, 2.24) is 14.8 Å². The Morgan fingerprint density at radius 2 is 2.19 bits per heavy atom. The lowest BCUT2D eigenvalue weighted by molar-refractivity contribution is 0.0697. The third kappa shape index (κ3) is 3.21. The lowest BCUT2D eigenvalue weighted by atomic mass is 10.2. The maximum Gasteiger partial charge on any atom is 0.335 e.